The van der Waals surface area contributed by atoms with Crippen LogP contribution in [0, 0.1) is 0 Å². The number of hydrogen-bond acceptors (Lipinski definition) is 5. The summed E-state index contributed by atoms with van der Waals surface area (Å²) >= 11 is 1.59. The molecule has 22 heavy (non-hydrogen) atoms. The normalized spacial score (nSPS) is 12.7. The Labute approximate surface area is 134 Å². The largest absolute Gasteiger partial charge is 0.337 e. The number of aromatic nitrogens is 3. The Morgan fingerprint density at radius 3 is 2.64 bits per heavy atom. The Morgan fingerprint density at radius 1 is 1.32 bits per heavy atom. The predicted octanol–water partition coefficient (Wildman–Crippen LogP) is 3.16. The number of carbonyl (C=O) groups excluding carboxylic acids is 1. The monoisotopic (exact) mass is 319 g/mol. The first-order valence-corrected chi connectivity index (χ1v) is 8.02. The molecule has 0 unspecified atom stereocenters. The van der Waals surface area contributed by atoms with Crippen molar-refractivity contribution in [3.63, 3.8) is 0 Å². The summed E-state index contributed by atoms with van der Waals surface area (Å²) in [5.41, 5.74) is 0.826. The Kier molecular flexibility index (Phi) is 5.07. The molecule has 6 nitrogen and oxygen atoms in total. The van der Waals surface area contributed by atoms with Crippen LogP contribution >= 0.6 is 11.3 Å². The second-order valence-electron chi connectivity index (χ2n) is 6.16. The lowest BCUT2D eigenvalue weighted by molar-refractivity contribution is 0.251. The minimum absolute atomic E-state index is 0.0586. The van der Waals surface area contributed by atoms with Crippen molar-refractivity contribution in [2.24, 2.45) is 0 Å². The standard InChI is InChI=1S/C15H21N5OS/c1-10(13-16-7-8-22-13)9-17-14(21)18-12-6-5-11(19-20-12)15(2,3)4/h5-8,10H,9H2,1-4H3,(H2,17,18,20,21)/t10-/m0/s1. The molecule has 7 heteroatoms. The maximum atomic E-state index is 11.9. The molecule has 0 aliphatic rings. The van der Waals surface area contributed by atoms with Gasteiger partial charge in [-0.1, -0.05) is 27.7 Å². The Hall–Kier alpha value is -2.02. The van der Waals surface area contributed by atoms with Gasteiger partial charge in [0.15, 0.2) is 5.82 Å². The van der Waals surface area contributed by atoms with Crippen molar-refractivity contribution < 1.29 is 4.79 Å². The highest BCUT2D eigenvalue weighted by molar-refractivity contribution is 7.09. The first-order valence-electron chi connectivity index (χ1n) is 7.14. The maximum absolute atomic E-state index is 11.9. The highest BCUT2D eigenvalue weighted by Crippen LogP contribution is 2.19. The minimum atomic E-state index is -0.291. The van der Waals surface area contributed by atoms with Crippen molar-refractivity contribution in [3.8, 4) is 0 Å². The molecule has 0 saturated carbocycles. The van der Waals surface area contributed by atoms with Gasteiger partial charge in [0, 0.05) is 29.5 Å². The fourth-order valence-corrected chi connectivity index (χ4v) is 2.47. The molecule has 2 heterocycles. The number of rotatable bonds is 4. The van der Waals surface area contributed by atoms with E-state index in [1.54, 1.807) is 23.6 Å². The number of amides is 2. The summed E-state index contributed by atoms with van der Waals surface area (Å²) in [6, 6.07) is 3.35. The number of urea groups is 1. The summed E-state index contributed by atoms with van der Waals surface area (Å²) in [7, 11) is 0. The van der Waals surface area contributed by atoms with Gasteiger partial charge in [0.2, 0.25) is 0 Å². The third-order valence-corrected chi connectivity index (χ3v) is 4.12. The number of anilines is 1. The van der Waals surface area contributed by atoms with E-state index in [1.165, 1.54) is 0 Å². The Morgan fingerprint density at radius 2 is 2.09 bits per heavy atom. The SMILES string of the molecule is C[C@@H](CNC(=O)Nc1ccc(C(C)(C)C)nn1)c1nccs1. The van der Waals surface area contributed by atoms with Crippen LogP contribution in [0.15, 0.2) is 23.7 Å². The molecule has 2 amide bonds. The lowest BCUT2D eigenvalue weighted by Crippen LogP contribution is -2.32. The molecule has 1 atom stereocenters. The second-order valence-corrected chi connectivity index (χ2v) is 7.09. The predicted molar refractivity (Wildman–Crippen MR) is 88.3 cm³/mol. The summed E-state index contributed by atoms with van der Waals surface area (Å²) in [5, 5.41) is 16.6. The third kappa shape index (κ3) is 4.49. The van der Waals surface area contributed by atoms with Crippen LogP contribution in [0.2, 0.25) is 0 Å². The Balaban J connectivity index is 1.84. The van der Waals surface area contributed by atoms with E-state index in [2.05, 4.69) is 46.6 Å². The number of hydrogen-bond donors (Lipinski definition) is 2. The summed E-state index contributed by atoms with van der Waals surface area (Å²) < 4.78 is 0. The third-order valence-electron chi connectivity index (χ3n) is 3.12. The van der Waals surface area contributed by atoms with Crippen LogP contribution in [-0.4, -0.2) is 27.8 Å². The van der Waals surface area contributed by atoms with Crippen LogP contribution < -0.4 is 10.6 Å². The average Bonchev–Trinajstić information content (AvgIpc) is 2.98. The van der Waals surface area contributed by atoms with Crippen LogP contribution in [0.5, 0.6) is 0 Å². The topological polar surface area (TPSA) is 79.8 Å². The van der Waals surface area contributed by atoms with Gasteiger partial charge in [-0.25, -0.2) is 9.78 Å². The summed E-state index contributed by atoms with van der Waals surface area (Å²) in [6.07, 6.45) is 1.77. The molecule has 0 spiro atoms. The molecule has 0 aromatic carbocycles. The number of carbonyl (C=O) groups is 1. The van der Waals surface area contributed by atoms with Crippen molar-refractivity contribution >= 4 is 23.2 Å². The quantitative estimate of drug-likeness (QED) is 0.907. The molecular formula is C15H21N5OS. The van der Waals surface area contributed by atoms with Gasteiger partial charge in [0.1, 0.15) is 0 Å². The molecule has 2 aromatic heterocycles. The molecule has 0 fully saturated rings. The fraction of sp³-hybridized carbons (Fsp3) is 0.467. The first-order chi connectivity index (χ1) is 10.4. The van der Waals surface area contributed by atoms with Crippen LogP contribution in [-0.2, 0) is 5.41 Å². The van der Waals surface area contributed by atoms with Crippen LogP contribution in [0.3, 0.4) is 0 Å². The van der Waals surface area contributed by atoms with Gasteiger partial charge in [-0.3, -0.25) is 5.32 Å². The zero-order valence-corrected chi connectivity index (χ0v) is 14.1. The molecule has 0 radical (unpaired) electrons. The molecule has 2 N–H and O–H groups in total. The van der Waals surface area contributed by atoms with E-state index >= 15 is 0 Å². The van der Waals surface area contributed by atoms with Crippen LogP contribution in [0.25, 0.3) is 0 Å². The number of nitrogens with one attached hydrogen (secondary N) is 2. The molecule has 2 aromatic rings. The van der Waals surface area contributed by atoms with E-state index in [1.807, 2.05) is 18.4 Å². The molecule has 118 valence electrons. The van der Waals surface area contributed by atoms with Crippen LogP contribution in [0.4, 0.5) is 10.6 Å². The molecule has 0 aliphatic carbocycles. The summed E-state index contributed by atoms with van der Waals surface area (Å²) in [4.78, 5) is 16.1. The van der Waals surface area contributed by atoms with Crippen molar-refractivity contribution in [2.45, 2.75) is 39.0 Å². The fourth-order valence-electron chi connectivity index (χ4n) is 1.77. The molecule has 2 rings (SSSR count). The highest BCUT2D eigenvalue weighted by Gasteiger charge is 2.16. The van der Waals surface area contributed by atoms with E-state index < -0.39 is 0 Å². The van der Waals surface area contributed by atoms with E-state index in [0.29, 0.717) is 12.4 Å². The first kappa shape index (κ1) is 16.4. The van der Waals surface area contributed by atoms with Gasteiger partial charge in [-0.15, -0.1) is 16.4 Å². The summed E-state index contributed by atoms with van der Waals surface area (Å²) in [5.74, 6) is 0.618. The van der Waals surface area contributed by atoms with Gasteiger partial charge in [0.05, 0.1) is 10.7 Å². The zero-order valence-electron chi connectivity index (χ0n) is 13.3. The van der Waals surface area contributed by atoms with Gasteiger partial charge >= 0.3 is 6.03 Å². The van der Waals surface area contributed by atoms with E-state index in [0.717, 1.165) is 10.7 Å². The van der Waals surface area contributed by atoms with Gasteiger partial charge in [-0.05, 0) is 12.1 Å². The maximum Gasteiger partial charge on any atom is 0.320 e. The highest BCUT2D eigenvalue weighted by atomic mass is 32.1. The van der Waals surface area contributed by atoms with Gasteiger partial charge < -0.3 is 5.32 Å². The molecule has 0 saturated heterocycles. The summed E-state index contributed by atoms with van der Waals surface area (Å²) in [6.45, 7) is 8.74. The number of nitrogens with zero attached hydrogens (tertiary/aromatic N) is 3. The molecule has 0 bridgehead atoms. The second kappa shape index (κ2) is 6.83. The molecule has 0 aliphatic heterocycles. The minimum Gasteiger partial charge on any atom is -0.337 e. The lowest BCUT2D eigenvalue weighted by Gasteiger charge is -2.16. The Bertz CT molecular complexity index is 604. The van der Waals surface area contributed by atoms with E-state index in [-0.39, 0.29) is 17.4 Å². The van der Waals surface area contributed by atoms with Crippen molar-refractivity contribution in [2.75, 3.05) is 11.9 Å². The van der Waals surface area contributed by atoms with E-state index in [4.69, 9.17) is 0 Å². The molecular weight excluding hydrogens is 298 g/mol. The smallest absolute Gasteiger partial charge is 0.320 e. The van der Waals surface area contributed by atoms with E-state index in [9.17, 15) is 4.79 Å². The van der Waals surface area contributed by atoms with Gasteiger partial charge in [0.25, 0.3) is 0 Å². The zero-order chi connectivity index (χ0) is 16.2. The van der Waals surface area contributed by atoms with Gasteiger partial charge in [-0.2, -0.15) is 5.10 Å². The average molecular weight is 319 g/mol. The lowest BCUT2D eigenvalue weighted by atomic mass is 9.92. The van der Waals surface area contributed by atoms with Crippen LogP contribution in [0.1, 0.15) is 44.3 Å². The van der Waals surface area contributed by atoms with Crippen molar-refractivity contribution in [1.29, 1.82) is 0 Å². The van der Waals surface area contributed by atoms with Crippen molar-refractivity contribution in [1.82, 2.24) is 20.5 Å². The number of thiazole rings is 1. The van der Waals surface area contributed by atoms with Crippen molar-refractivity contribution in [3.05, 3.63) is 34.4 Å².